The van der Waals surface area contributed by atoms with Crippen LogP contribution in [0.4, 0.5) is 0 Å². The number of nitrogens with zero attached hydrogens (tertiary/aromatic N) is 4. The maximum absolute atomic E-state index is 13.1. The SMILES string of the molecule is O=C1CN(S(=O)(=O)c2cc3ccc(Cl)cc3s2)CCN1Cc1cc2cn(O)ccc-2n1. The van der Waals surface area contributed by atoms with E-state index in [-0.39, 0.29) is 36.3 Å². The zero-order chi connectivity index (χ0) is 21.8. The number of hydrogen-bond donors (Lipinski definition) is 1. The normalized spacial score (nSPS) is 15.9. The number of fused-ring (bicyclic) bond motifs is 2. The molecule has 0 spiro atoms. The van der Waals surface area contributed by atoms with Gasteiger partial charge in [-0.05, 0) is 35.7 Å². The molecular formula is C20H17ClN4O4S2. The van der Waals surface area contributed by atoms with Gasteiger partial charge in [-0.25, -0.2) is 13.1 Å². The van der Waals surface area contributed by atoms with Crippen molar-refractivity contribution in [3.63, 3.8) is 0 Å². The summed E-state index contributed by atoms with van der Waals surface area (Å²) >= 11 is 7.15. The lowest BCUT2D eigenvalue weighted by Crippen LogP contribution is -2.51. The zero-order valence-corrected chi connectivity index (χ0v) is 18.5. The van der Waals surface area contributed by atoms with E-state index in [1.165, 1.54) is 16.7 Å². The number of benzene rings is 1. The maximum atomic E-state index is 13.1. The highest BCUT2D eigenvalue weighted by atomic mass is 35.5. The molecular weight excluding hydrogens is 460 g/mol. The molecule has 2 aromatic rings. The molecule has 1 N–H and O–H groups in total. The fourth-order valence-corrected chi connectivity index (χ4v) is 6.85. The highest BCUT2D eigenvalue weighted by Crippen LogP contribution is 2.33. The number of amides is 1. The summed E-state index contributed by atoms with van der Waals surface area (Å²) in [5.74, 6) is -0.275. The molecule has 4 heterocycles. The van der Waals surface area contributed by atoms with Crippen molar-refractivity contribution in [2.45, 2.75) is 10.8 Å². The van der Waals surface area contributed by atoms with Crippen molar-refractivity contribution < 1.29 is 18.4 Å². The molecule has 0 aliphatic carbocycles. The van der Waals surface area contributed by atoms with E-state index >= 15 is 0 Å². The van der Waals surface area contributed by atoms with Gasteiger partial charge in [0, 0.05) is 34.6 Å². The van der Waals surface area contributed by atoms with Gasteiger partial charge in [0.1, 0.15) is 4.21 Å². The Bertz CT molecular complexity index is 1380. The van der Waals surface area contributed by atoms with E-state index < -0.39 is 10.0 Å². The highest BCUT2D eigenvalue weighted by Gasteiger charge is 2.34. The number of pyridine rings is 1. The average Bonchev–Trinajstić information content (AvgIpc) is 3.32. The molecule has 160 valence electrons. The van der Waals surface area contributed by atoms with E-state index in [0.29, 0.717) is 10.7 Å². The van der Waals surface area contributed by atoms with Crippen LogP contribution in [-0.2, 0) is 21.4 Å². The summed E-state index contributed by atoms with van der Waals surface area (Å²) in [4.78, 5) is 18.8. The van der Waals surface area contributed by atoms with Crippen molar-refractivity contribution in [2.75, 3.05) is 19.6 Å². The van der Waals surface area contributed by atoms with Crippen molar-refractivity contribution in [1.82, 2.24) is 18.9 Å². The molecule has 0 unspecified atom stereocenters. The molecule has 1 aromatic carbocycles. The summed E-state index contributed by atoms with van der Waals surface area (Å²) < 4.78 is 29.4. The van der Waals surface area contributed by atoms with Crippen molar-refractivity contribution >= 4 is 49.0 Å². The smallest absolute Gasteiger partial charge is 0.253 e. The van der Waals surface area contributed by atoms with Gasteiger partial charge in [-0.1, -0.05) is 17.7 Å². The summed E-state index contributed by atoms with van der Waals surface area (Å²) in [6, 6.07) is 10.3. The Hall–Kier alpha value is -2.66. The van der Waals surface area contributed by atoms with Gasteiger partial charge in [-0.2, -0.15) is 4.31 Å². The number of hydrogen-bond acceptors (Lipinski definition) is 6. The van der Waals surface area contributed by atoms with Gasteiger partial charge in [-0.3, -0.25) is 9.78 Å². The molecule has 11 heteroatoms. The molecule has 1 fully saturated rings. The summed E-state index contributed by atoms with van der Waals surface area (Å²) in [6.07, 6.45) is 3.02. The first kappa shape index (κ1) is 20.3. The second-order valence-corrected chi connectivity index (χ2v) is 11.0. The lowest BCUT2D eigenvalue weighted by molar-refractivity contribution is -0.134. The lowest BCUT2D eigenvalue weighted by atomic mass is 10.2. The van der Waals surface area contributed by atoms with Crippen molar-refractivity contribution in [3.8, 4) is 11.3 Å². The first-order valence-electron chi connectivity index (χ1n) is 9.43. The lowest BCUT2D eigenvalue weighted by Gasteiger charge is -2.33. The molecule has 1 saturated heterocycles. The summed E-state index contributed by atoms with van der Waals surface area (Å²) in [5, 5.41) is 10.9. The quantitative estimate of drug-likeness (QED) is 0.456. The number of aromatic nitrogens is 2. The van der Waals surface area contributed by atoms with Crippen LogP contribution in [0, 0.1) is 0 Å². The van der Waals surface area contributed by atoms with Gasteiger partial charge in [0.25, 0.3) is 10.0 Å². The van der Waals surface area contributed by atoms with E-state index in [4.69, 9.17) is 11.6 Å². The molecule has 5 rings (SSSR count). The third-order valence-corrected chi connectivity index (χ3v) is 8.86. The number of carbonyl (C=O) groups is 1. The molecule has 31 heavy (non-hydrogen) atoms. The molecule has 8 nitrogen and oxygen atoms in total. The minimum Gasteiger partial charge on any atom is -0.429 e. The van der Waals surface area contributed by atoms with Crippen molar-refractivity contribution in [3.05, 3.63) is 59.5 Å². The van der Waals surface area contributed by atoms with Crippen LogP contribution < -0.4 is 0 Å². The first-order valence-corrected chi connectivity index (χ1v) is 12.1. The highest BCUT2D eigenvalue weighted by molar-refractivity contribution is 7.91. The fourth-order valence-electron chi connectivity index (χ4n) is 3.65. The summed E-state index contributed by atoms with van der Waals surface area (Å²) in [5.41, 5.74) is 2.17. The van der Waals surface area contributed by atoms with Crippen molar-refractivity contribution in [1.29, 1.82) is 0 Å². The molecule has 3 aliphatic rings. The Balaban J connectivity index is 1.32. The van der Waals surface area contributed by atoms with Gasteiger partial charge >= 0.3 is 0 Å². The molecule has 0 saturated carbocycles. The van der Waals surface area contributed by atoms with Gasteiger partial charge in [-0.15, -0.1) is 11.3 Å². The van der Waals surface area contributed by atoms with Crippen LogP contribution in [0.3, 0.4) is 0 Å². The third-order valence-electron chi connectivity index (χ3n) is 5.23. The van der Waals surface area contributed by atoms with Crippen LogP contribution in [0.25, 0.3) is 21.3 Å². The number of carbonyl (C=O) groups excluding carboxylic acids is 1. The Kier molecular flexibility index (Phi) is 4.89. The second-order valence-electron chi connectivity index (χ2n) is 7.31. The van der Waals surface area contributed by atoms with Gasteiger partial charge in [0.15, 0.2) is 0 Å². The molecule has 1 amide bonds. The van der Waals surface area contributed by atoms with Crippen LogP contribution >= 0.6 is 22.9 Å². The molecule has 0 radical (unpaired) electrons. The molecule has 3 aliphatic heterocycles. The van der Waals surface area contributed by atoms with Crippen LogP contribution in [0.5, 0.6) is 0 Å². The zero-order valence-electron chi connectivity index (χ0n) is 16.1. The van der Waals surface area contributed by atoms with E-state index in [1.54, 1.807) is 41.3 Å². The van der Waals surface area contributed by atoms with Gasteiger partial charge < -0.3 is 10.1 Å². The van der Waals surface area contributed by atoms with E-state index in [1.807, 2.05) is 0 Å². The topological polar surface area (TPSA) is 95.7 Å². The van der Waals surface area contributed by atoms with E-state index in [0.717, 1.165) is 37.4 Å². The van der Waals surface area contributed by atoms with Crippen LogP contribution in [-0.4, -0.2) is 58.1 Å². The van der Waals surface area contributed by atoms with Crippen LogP contribution in [0.15, 0.2) is 53.0 Å². The third kappa shape index (κ3) is 3.76. The largest absolute Gasteiger partial charge is 0.429 e. The Morgan fingerprint density at radius 1 is 1.16 bits per heavy atom. The predicted octanol–water partition coefficient (Wildman–Crippen LogP) is 3.13. The molecule has 0 bridgehead atoms. The van der Waals surface area contributed by atoms with Gasteiger partial charge in [0.2, 0.25) is 5.91 Å². The first-order chi connectivity index (χ1) is 14.8. The molecule has 0 atom stereocenters. The van der Waals surface area contributed by atoms with E-state index in [9.17, 15) is 18.4 Å². The number of piperazine rings is 1. The minimum absolute atomic E-state index is 0.201. The minimum atomic E-state index is -3.78. The maximum Gasteiger partial charge on any atom is 0.253 e. The Morgan fingerprint density at radius 2 is 2.00 bits per heavy atom. The number of sulfonamides is 1. The Morgan fingerprint density at radius 3 is 2.81 bits per heavy atom. The second kappa shape index (κ2) is 7.49. The summed E-state index contributed by atoms with van der Waals surface area (Å²) in [6.45, 7) is 0.556. The number of rotatable bonds is 4. The van der Waals surface area contributed by atoms with Crippen LogP contribution in [0.1, 0.15) is 5.69 Å². The number of halogens is 1. The standard InChI is InChI=1S/C20H17ClN4O4S2/c21-15-2-1-13-8-20(30-18(13)9-15)31(28,29)25-6-5-23(19(26)12-25)11-16-7-14-10-24(27)4-3-17(14)22-16/h1-4,7-10,27H,5-6,11-12H2. The van der Waals surface area contributed by atoms with Crippen molar-refractivity contribution in [2.24, 2.45) is 0 Å². The molecule has 1 aromatic heterocycles. The fraction of sp³-hybridized carbons (Fsp3) is 0.200. The predicted molar refractivity (Wildman–Crippen MR) is 117 cm³/mol. The average molecular weight is 477 g/mol. The van der Waals surface area contributed by atoms with E-state index in [2.05, 4.69) is 4.98 Å². The van der Waals surface area contributed by atoms with Crippen LogP contribution in [0.2, 0.25) is 5.02 Å². The Labute approximate surface area is 187 Å². The summed E-state index contributed by atoms with van der Waals surface area (Å²) in [7, 11) is -3.78. The van der Waals surface area contributed by atoms with Gasteiger partial charge in [0.05, 0.1) is 30.7 Å². The monoisotopic (exact) mass is 476 g/mol. The number of thiophene rings is 1.